The van der Waals surface area contributed by atoms with Crippen molar-refractivity contribution in [3.8, 4) is 0 Å². The quantitative estimate of drug-likeness (QED) is 0.0127. The first-order valence-corrected chi connectivity index (χ1v) is 40.2. The molecule has 0 aliphatic carbocycles. The monoisotopic (exact) mass is 1680 g/mol. The minimum absolute atomic E-state index is 0. The van der Waals surface area contributed by atoms with Gasteiger partial charge in [0.2, 0.25) is 35.4 Å². The molecule has 4 N–H and O–H groups in total. The summed E-state index contributed by atoms with van der Waals surface area (Å²) in [5, 5.41) is 11.2. The SMILES string of the molecule is C=C(C)C(=O)NCCCN(C)C.C=C(C)C(=O)NCCN(C)C.C=C(C)C(=O)NCC[N+](C)(C)C.C=C(C)C(=O)NCC[N+](C)(C)CCCCCCCCCCCC.C=C(C)C(=O)OCCN(C)C.C=C(C)C(=O)OCC[N+](C)(C)CC.C=CN1CCCC1=O.C=CN1CCCCCC1=O.C=COC(C)=O.C=Cc1ccccc1.[Cl-].[Cl-]. The largest absolute Gasteiger partial charge is 1.00 e. The van der Waals surface area contributed by atoms with Gasteiger partial charge in [-0.3, -0.25) is 33.6 Å². The van der Waals surface area contributed by atoms with Crippen LogP contribution in [-0.4, -0.2) is 288 Å². The third kappa shape index (κ3) is 95.0. The van der Waals surface area contributed by atoms with Gasteiger partial charge in [-0.1, -0.05) is 167 Å². The molecule has 2 heterocycles. The molecule has 0 bridgehead atoms. The van der Waals surface area contributed by atoms with Gasteiger partial charge in [-0.2, -0.15) is 0 Å². The van der Waals surface area contributed by atoms with E-state index in [1.165, 1.54) is 89.7 Å². The molecule has 0 radical (unpaired) electrons. The number of carbonyl (C=O) groups excluding carboxylic acids is 9. The van der Waals surface area contributed by atoms with E-state index in [0.717, 1.165) is 117 Å². The van der Waals surface area contributed by atoms with E-state index in [0.29, 0.717) is 72.6 Å². The molecule has 0 atom stereocenters. The number of quaternary nitrogens is 3. The van der Waals surface area contributed by atoms with E-state index in [4.69, 9.17) is 9.47 Å². The summed E-state index contributed by atoms with van der Waals surface area (Å²) in [6.07, 6.45) is 26.7. The highest BCUT2D eigenvalue weighted by Gasteiger charge is 2.18. The first-order chi connectivity index (χ1) is 53.1. The maximum Gasteiger partial charge on any atom is 0.333 e. The molecule has 24 nitrogen and oxygen atoms in total. The molecule has 2 aliphatic heterocycles. The lowest BCUT2D eigenvalue weighted by Crippen LogP contribution is -3.00. The zero-order valence-corrected chi connectivity index (χ0v) is 78.3. The Balaban J connectivity index is -0.000000159. The van der Waals surface area contributed by atoms with Gasteiger partial charge in [0.15, 0.2) is 0 Å². The molecule has 0 unspecified atom stereocenters. The normalized spacial score (nSPS) is 11.6. The van der Waals surface area contributed by atoms with Crippen LogP contribution < -0.4 is 46.1 Å². The van der Waals surface area contributed by atoms with Crippen molar-refractivity contribution in [2.45, 2.75) is 171 Å². The predicted octanol–water partition coefficient (Wildman–Crippen LogP) is 7.12. The number of likely N-dealkylation sites (tertiary alicyclic amines) is 2. The Morgan fingerprint density at radius 3 is 1.16 bits per heavy atom. The fourth-order valence-electron chi connectivity index (χ4n) is 8.59. The third-order valence-electron chi connectivity index (χ3n) is 16.4. The topological polar surface area (TPSA) is 246 Å². The lowest BCUT2D eigenvalue weighted by molar-refractivity contribution is -0.889. The van der Waals surface area contributed by atoms with E-state index >= 15 is 0 Å². The standard InChI is InChI=1S/C20H40N2O.C10H20NO2.2C9H18N2O.C8H16N2O.C8H15NO2.C8H13NO.C8H8.C6H9NO.C4H6O2.2ClH/c1-6-7-8-9-10-11-12-13-14-15-17-22(4,5)18-16-21-20(23)19(2)3;1-6-11(4,5)7-8-13-10(12)9(2)3;1-8(2)9(12)10-6-7-11(3,4)5;1-8(2)9(12)10-6-5-7-11(3)4;1-7(2)8(11)9-5-6-10(3)4;1-7(2)8(10)11-6-5-9(3)4;1-2-9-7-5-3-4-6-8(9)10;1-2-8-6-4-3-5-7-8;1-2-7-5-3-4-6(7)8;1-3-6-4(2)5;;/h2,6-18H2,1,3-5H3;2,6-8H2,1,3-5H3;1,6-7H2,2-5H3;1,5-7H2,2-4H3,(H,10,12);1,5-6H2,2-4H3,(H,9,11);1,5-6H2,2-4H3;2H,1,3-7H2;2-7H,1H2;2H,1,3-5H2;3H,1H2,2H3;2*1H/q;+1;;;;;;;;;;. The van der Waals surface area contributed by atoms with Crippen LogP contribution in [0.2, 0.25) is 0 Å². The van der Waals surface area contributed by atoms with Gasteiger partial charge in [0, 0.05) is 92.5 Å². The van der Waals surface area contributed by atoms with E-state index in [1.807, 2.05) is 88.5 Å². The van der Waals surface area contributed by atoms with Gasteiger partial charge in [-0.25, -0.2) is 9.59 Å². The number of likely N-dealkylation sites (N-methyl/N-ethyl adjacent to an activating group) is 5. The van der Waals surface area contributed by atoms with Crippen molar-refractivity contribution in [3.63, 3.8) is 0 Å². The summed E-state index contributed by atoms with van der Waals surface area (Å²) < 4.78 is 16.7. The molecule has 0 spiro atoms. The van der Waals surface area contributed by atoms with E-state index in [2.05, 4.69) is 160 Å². The van der Waals surface area contributed by atoms with Crippen LogP contribution in [0, 0.1) is 0 Å². The minimum Gasteiger partial charge on any atom is -1.00 e. The Hall–Kier alpha value is -7.81. The van der Waals surface area contributed by atoms with Gasteiger partial charge in [-0.05, 0) is 154 Å². The molecule has 6 amide bonds. The van der Waals surface area contributed by atoms with Gasteiger partial charge in [0.1, 0.15) is 19.8 Å². The van der Waals surface area contributed by atoms with Gasteiger partial charge >= 0.3 is 17.9 Å². The Kier molecular flexibility index (Phi) is 88.2. The number of esters is 3. The van der Waals surface area contributed by atoms with Crippen molar-refractivity contribution in [1.29, 1.82) is 0 Å². The molecule has 1 aromatic carbocycles. The summed E-state index contributed by atoms with van der Waals surface area (Å²) in [7, 11) is 26.8. The highest BCUT2D eigenvalue weighted by atomic mass is 35.5. The number of hydrogen-bond donors (Lipinski definition) is 4. The van der Waals surface area contributed by atoms with E-state index in [9.17, 15) is 43.2 Å². The van der Waals surface area contributed by atoms with Crippen molar-refractivity contribution in [2.75, 3.05) is 196 Å². The van der Waals surface area contributed by atoms with Gasteiger partial charge in [-0.15, -0.1) is 0 Å². The van der Waals surface area contributed by atoms with Crippen LogP contribution in [-0.2, 0) is 57.4 Å². The van der Waals surface area contributed by atoms with Crippen LogP contribution in [0.15, 0.2) is 148 Å². The first kappa shape index (κ1) is 126. The summed E-state index contributed by atoms with van der Waals surface area (Å²) in [5.41, 5.74) is 4.36. The van der Waals surface area contributed by atoms with Crippen molar-refractivity contribution < 1.29 is 95.6 Å². The second kappa shape index (κ2) is 81.0. The number of hydrogen-bond acceptors (Lipinski definition) is 15. The minimum atomic E-state index is -0.329. The van der Waals surface area contributed by atoms with E-state index in [1.54, 1.807) is 63.7 Å². The number of halogens is 2. The van der Waals surface area contributed by atoms with Crippen molar-refractivity contribution in [3.05, 3.63) is 154 Å². The van der Waals surface area contributed by atoms with Crippen molar-refractivity contribution in [1.82, 2.24) is 45.8 Å². The molecule has 0 aromatic heterocycles. The Bertz CT molecular complexity index is 2910. The molecule has 116 heavy (non-hydrogen) atoms. The highest BCUT2D eigenvalue weighted by molar-refractivity contribution is 5.93. The van der Waals surface area contributed by atoms with Crippen molar-refractivity contribution >= 4 is 59.4 Å². The number of nitrogens with zero attached hydrogens (tertiary/aromatic N) is 8. The van der Waals surface area contributed by atoms with Crippen LogP contribution in [0.5, 0.6) is 0 Å². The van der Waals surface area contributed by atoms with E-state index < -0.39 is 0 Å². The molecule has 2 saturated heterocycles. The summed E-state index contributed by atoms with van der Waals surface area (Å²) in [4.78, 5) is 107. The molecule has 1 aromatic rings. The zero-order chi connectivity index (χ0) is 89.3. The number of nitrogens with one attached hydrogen (secondary N) is 4. The number of amides is 6. The second-order valence-corrected chi connectivity index (χ2v) is 31.1. The molecule has 3 rings (SSSR count). The second-order valence-electron chi connectivity index (χ2n) is 31.1. The van der Waals surface area contributed by atoms with Gasteiger partial charge in [0.25, 0.3) is 0 Å². The molecular formula is C90H165Cl2N12O12+. The Labute approximate surface area is 718 Å². The average molecular weight is 1680 g/mol. The molecule has 0 saturated carbocycles. The maximum absolute atomic E-state index is 11.5. The fraction of sp³-hybridized carbons (Fsp3) is 0.611. The molecule has 2 aliphatic rings. The molecule has 26 heteroatoms. The molecular weight excluding hydrogens is 1510 g/mol. The Morgan fingerprint density at radius 2 is 0.828 bits per heavy atom. The number of rotatable bonds is 41. The van der Waals surface area contributed by atoms with Crippen LogP contribution in [0.25, 0.3) is 6.08 Å². The van der Waals surface area contributed by atoms with Crippen LogP contribution >= 0.6 is 0 Å². The van der Waals surface area contributed by atoms with Crippen LogP contribution in [0.4, 0.5) is 0 Å². The van der Waals surface area contributed by atoms with Crippen LogP contribution in [0.3, 0.4) is 0 Å². The lowest BCUT2D eigenvalue weighted by Gasteiger charge is -2.30. The van der Waals surface area contributed by atoms with Gasteiger partial charge in [0.05, 0.1) is 94.9 Å². The number of benzene rings is 1. The summed E-state index contributed by atoms with van der Waals surface area (Å²) in [5.74, 6) is -0.687. The molecule has 670 valence electrons. The summed E-state index contributed by atoms with van der Waals surface area (Å²) >= 11 is 0. The zero-order valence-electron chi connectivity index (χ0n) is 76.8. The average Bonchev–Trinajstić information content (AvgIpc) is 1.37. The Morgan fingerprint density at radius 1 is 0.440 bits per heavy atom. The van der Waals surface area contributed by atoms with Gasteiger partial charge < -0.3 is 98.2 Å². The molecule has 2 fully saturated rings. The first-order valence-electron chi connectivity index (χ1n) is 40.2. The highest BCUT2D eigenvalue weighted by Crippen LogP contribution is 2.13. The number of ether oxygens (including phenoxy) is 3. The fourth-order valence-corrected chi connectivity index (χ4v) is 8.59. The summed E-state index contributed by atoms with van der Waals surface area (Å²) in [6.45, 7) is 64.0. The van der Waals surface area contributed by atoms with Crippen LogP contribution in [0.1, 0.15) is 177 Å². The third-order valence-corrected chi connectivity index (χ3v) is 16.4. The number of unbranched alkanes of at least 4 members (excludes halogenated alkanes) is 9. The lowest BCUT2D eigenvalue weighted by atomic mass is 10.1. The van der Waals surface area contributed by atoms with Crippen molar-refractivity contribution in [2.24, 2.45) is 0 Å². The smallest absolute Gasteiger partial charge is 0.333 e. The maximum atomic E-state index is 11.5. The summed E-state index contributed by atoms with van der Waals surface area (Å²) in [6, 6.07) is 10.0. The van der Waals surface area contributed by atoms with E-state index in [-0.39, 0.29) is 78.2 Å². The number of carbonyl (C=O) groups is 9. The predicted molar refractivity (Wildman–Crippen MR) is 477 cm³/mol.